The normalized spacial score (nSPS) is 14.9. The lowest BCUT2D eigenvalue weighted by atomic mass is 9.88. The van der Waals surface area contributed by atoms with E-state index in [1.54, 1.807) is 18.2 Å². The van der Waals surface area contributed by atoms with E-state index >= 15 is 0 Å². The Labute approximate surface area is 175 Å². The number of carbonyl (C=O) groups excluding carboxylic acids is 3. The Morgan fingerprint density at radius 2 is 1.87 bits per heavy atom. The van der Waals surface area contributed by atoms with Crippen LogP contribution in [-0.4, -0.2) is 38.0 Å². The third kappa shape index (κ3) is 5.37. The van der Waals surface area contributed by atoms with E-state index in [2.05, 4.69) is 11.4 Å². The van der Waals surface area contributed by atoms with Gasteiger partial charge in [-0.15, -0.1) is 0 Å². The first-order valence-electron chi connectivity index (χ1n) is 9.82. The van der Waals surface area contributed by atoms with Gasteiger partial charge in [0.1, 0.15) is 0 Å². The van der Waals surface area contributed by atoms with Gasteiger partial charge in [-0.2, -0.15) is 0 Å². The summed E-state index contributed by atoms with van der Waals surface area (Å²) in [6.45, 7) is 0.695. The number of amides is 1. The van der Waals surface area contributed by atoms with Crippen molar-refractivity contribution in [2.75, 3.05) is 20.3 Å². The number of esters is 1. The highest BCUT2D eigenvalue weighted by Gasteiger charge is 2.22. The number of Topliss-reactive ketones (excluding diaryl/α,β-unsaturated/α-hetero) is 1. The van der Waals surface area contributed by atoms with Crippen molar-refractivity contribution in [1.29, 1.82) is 0 Å². The maximum absolute atomic E-state index is 12.2. The molecule has 0 saturated heterocycles. The van der Waals surface area contributed by atoms with Gasteiger partial charge in [0.25, 0.3) is 5.91 Å². The molecule has 1 N–H and O–H groups in total. The molecule has 0 heterocycles. The lowest BCUT2D eigenvalue weighted by molar-refractivity contribution is -0.150. The Hall–Kier alpha value is -3.35. The number of methoxy groups -OCH3 is 1. The number of fused-ring (bicyclic) bond motifs is 1. The average Bonchev–Trinajstić information content (AvgIpc) is 2.76. The Morgan fingerprint density at radius 1 is 1.07 bits per heavy atom. The van der Waals surface area contributed by atoms with E-state index in [0.29, 0.717) is 17.1 Å². The van der Waals surface area contributed by atoms with Crippen LogP contribution in [0.5, 0.6) is 11.5 Å². The van der Waals surface area contributed by atoms with E-state index in [0.717, 1.165) is 24.8 Å². The van der Waals surface area contributed by atoms with Crippen LogP contribution in [0.3, 0.4) is 0 Å². The fraction of sp³-hybridized carbons (Fsp3) is 0.348. The van der Waals surface area contributed by atoms with E-state index in [1.165, 1.54) is 19.6 Å². The van der Waals surface area contributed by atoms with Gasteiger partial charge >= 0.3 is 5.97 Å². The van der Waals surface area contributed by atoms with Crippen molar-refractivity contribution in [3.8, 4) is 11.5 Å². The zero-order valence-electron chi connectivity index (χ0n) is 17.1. The maximum Gasteiger partial charge on any atom is 0.344 e. The van der Waals surface area contributed by atoms with Crippen molar-refractivity contribution in [2.24, 2.45) is 0 Å². The Kier molecular flexibility index (Phi) is 7.06. The molecule has 7 nitrogen and oxygen atoms in total. The fourth-order valence-electron chi connectivity index (χ4n) is 3.47. The molecule has 3 rings (SSSR count). The predicted octanol–water partition coefficient (Wildman–Crippen LogP) is 3.01. The molecular weight excluding hydrogens is 386 g/mol. The van der Waals surface area contributed by atoms with Gasteiger partial charge in [-0.25, -0.2) is 4.79 Å². The van der Waals surface area contributed by atoms with Crippen LogP contribution in [0, 0.1) is 0 Å². The molecule has 158 valence electrons. The molecule has 0 aromatic heterocycles. The molecule has 30 heavy (non-hydrogen) atoms. The van der Waals surface area contributed by atoms with E-state index < -0.39 is 5.97 Å². The number of hydrogen-bond acceptors (Lipinski definition) is 6. The molecule has 7 heteroatoms. The van der Waals surface area contributed by atoms with Gasteiger partial charge in [0.15, 0.2) is 30.5 Å². The molecule has 1 aliphatic carbocycles. The molecule has 0 fully saturated rings. The number of aryl methyl sites for hydroxylation is 1. The lowest BCUT2D eigenvalue weighted by Gasteiger charge is -2.26. The first-order chi connectivity index (χ1) is 14.5. The molecule has 0 aliphatic heterocycles. The third-order valence-electron chi connectivity index (χ3n) is 4.98. The van der Waals surface area contributed by atoms with Crippen LogP contribution in [0.25, 0.3) is 0 Å². The molecule has 0 unspecified atom stereocenters. The first kappa shape index (κ1) is 21.4. The summed E-state index contributed by atoms with van der Waals surface area (Å²) in [5.41, 5.74) is 2.83. The first-order valence-corrected chi connectivity index (χ1v) is 9.82. The van der Waals surface area contributed by atoms with Gasteiger partial charge in [0, 0.05) is 5.56 Å². The summed E-state index contributed by atoms with van der Waals surface area (Å²) >= 11 is 0. The van der Waals surface area contributed by atoms with Crippen LogP contribution in [0.1, 0.15) is 47.3 Å². The maximum atomic E-state index is 12.2. The summed E-state index contributed by atoms with van der Waals surface area (Å²) in [7, 11) is 1.44. The average molecular weight is 411 g/mol. The van der Waals surface area contributed by atoms with E-state index in [9.17, 15) is 14.4 Å². The summed E-state index contributed by atoms with van der Waals surface area (Å²) in [4.78, 5) is 35.6. The van der Waals surface area contributed by atoms with Gasteiger partial charge in [-0.05, 0) is 55.5 Å². The number of benzene rings is 2. The van der Waals surface area contributed by atoms with Crippen LogP contribution in [0.15, 0.2) is 42.5 Å². The SMILES string of the molecule is COc1cc(C(C)=O)ccc1OCC(=O)OCC(=O)N[C@H]1CCCc2ccccc21. The van der Waals surface area contributed by atoms with Crippen molar-refractivity contribution in [1.82, 2.24) is 5.32 Å². The van der Waals surface area contributed by atoms with E-state index in [-0.39, 0.29) is 30.9 Å². The lowest BCUT2D eigenvalue weighted by Crippen LogP contribution is -2.34. The molecule has 1 aliphatic rings. The quantitative estimate of drug-likeness (QED) is 0.530. The van der Waals surface area contributed by atoms with Crippen LogP contribution < -0.4 is 14.8 Å². The van der Waals surface area contributed by atoms with Crippen LogP contribution in [0.2, 0.25) is 0 Å². The topological polar surface area (TPSA) is 90.9 Å². The van der Waals surface area contributed by atoms with Crippen molar-refractivity contribution < 1.29 is 28.6 Å². The van der Waals surface area contributed by atoms with E-state index in [1.807, 2.05) is 18.2 Å². The molecular formula is C23H25NO6. The van der Waals surface area contributed by atoms with Gasteiger partial charge in [-0.1, -0.05) is 24.3 Å². The zero-order chi connectivity index (χ0) is 21.5. The Morgan fingerprint density at radius 3 is 2.63 bits per heavy atom. The van der Waals surface area contributed by atoms with Crippen molar-refractivity contribution in [3.63, 3.8) is 0 Å². The highest BCUT2D eigenvalue weighted by molar-refractivity contribution is 5.94. The van der Waals surface area contributed by atoms with Crippen molar-refractivity contribution >= 4 is 17.7 Å². The number of carbonyl (C=O) groups is 3. The van der Waals surface area contributed by atoms with Crippen LogP contribution >= 0.6 is 0 Å². The molecule has 1 amide bonds. The number of hydrogen-bond donors (Lipinski definition) is 1. The third-order valence-corrected chi connectivity index (χ3v) is 4.98. The predicted molar refractivity (Wildman–Crippen MR) is 110 cm³/mol. The Bertz CT molecular complexity index is 939. The Balaban J connectivity index is 1.47. The summed E-state index contributed by atoms with van der Waals surface area (Å²) in [5.74, 6) is -0.488. The van der Waals surface area contributed by atoms with Gasteiger partial charge < -0.3 is 19.5 Å². The molecule has 0 saturated carbocycles. The summed E-state index contributed by atoms with van der Waals surface area (Å²) < 4.78 is 15.6. The summed E-state index contributed by atoms with van der Waals surface area (Å²) in [6.07, 6.45) is 2.86. The monoisotopic (exact) mass is 411 g/mol. The van der Waals surface area contributed by atoms with Gasteiger partial charge in [0.2, 0.25) is 0 Å². The van der Waals surface area contributed by atoms with E-state index in [4.69, 9.17) is 14.2 Å². The number of ketones is 1. The second-order valence-corrected chi connectivity index (χ2v) is 7.08. The smallest absolute Gasteiger partial charge is 0.344 e. The highest BCUT2D eigenvalue weighted by atomic mass is 16.6. The summed E-state index contributed by atoms with van der Waals surface area (Å²) in [6, 6.07) is 12.6. The molecule has 0 radical (unpaired) electrons. The second kappa shape index (κ2) is 9.91. The minimum absolute atomic E-state index is 0.0681. The van der Waals surface area contributed by atoms with Crippen molar-refractivity contribution in [3.05, 3.63) is 59.2 Å². The zero-order valence-corrected chi connectivity index (χ0v) is 17.1. The van der Waals surface area contributed by atoms with Crippen LogP contribution in [-0.2, 0) is 20.7 Å². The molecule has 1 atom stereocenters. The fourth-order valence-corrected chi connectivity index (χ4v) is 3.47. The standard InChI is InChI=1S/C23H25NO6/c1-15(25)17-10-11-20(21(12-17)28-2)29-14-23(27)30-13-22(26)24-19-9-5-7-16-6-3-4-8-18(16)19/h3-4,6,8,10-12,19H,5,7,9,13-14H2,1-2H3,(H,24,26)/t19-/m0/s1. The second-order valence-electron chi connectivity index (χ2n) is 7.08. The summed E-state index contributed by atoms with van der Waals surface area (Å²) in [5, 5.41) is 2.93. The van der Waals surface area contributed by atoms with Gasteiger partial charge in [-0.3, -0.25) is 9.59 Å². The number of ether oxygens (including phenoxy) is 3. The molecule has 2 aromatic carbocycles. The molecule has 2 aromatic rings. The van der Waals surface area contributed by atoms with Crippen LogP contribution in [0.4, 0.5) is 0 Å². The number of rotatable bonds is 8. The van der Waals surface area contributed by atoms with Gasteiger partial charge in [0.05, 0.1) is 13.2 Å². The molecule has 0 bridgehead atoms. The number of nitrogens with one attached hydrogen (secondary N) is 1. The van der Waals surface area contributed by atoms with Crippen molar-refractivity contribution in [2.45, 2.75) is 32.2 Å². The largest absolute Gasteiger partial charge is 0.493 e. The molecule has 0 spiro atoms. The highest BCUT2D eigenvalue weighted by Crippen LogP contribution is 2.29. The minimum atomic E-state index is -0.674. The minimum Gasteiger partial charge on any atom is -0.493 e.